The zero-order valence-corrected chi connectivity index (χ0v) is 12.9. The Kier molecular flexibility index (Phi) is 5.48. The molecule has 0 unspecified atom stereocenters. The molecule has 0 radical (unpaired) electrons. The van der Waals surface area contributed by atoms with Gasteiger partial charge in [0, 0.05) is 10.2 Å². The Bertz CT molecular complexity index is 572. The molecule has 0 bridgehead atoms. The van der Waals surface area contributed by atoms with Gasteiger partial charge in [-0.05, 0) is 48.0 Å². The predicted molar refractivity (Wildman–Crippen MR) is 75.2 cm³/mol. The third-order valence-corrected chi connectivity index (χ3v) is 3.96. The highest BCUT2D eigenvalue weighted by atomic mass is 79.9. The van der Waals surface area contributed by atoms with Crippen molar-refractivity contribution in [2.75, 3.05) is 11.9 Å². The molecule has 0 fully saturated rings. The van der Waals surface area contributed by atoms with E-state index in [1.54, 1.807) is 0 Å². The summed E-state index contributed by atoms with van der Waals surface area (Å²) in [7, 11) is -3.78. The van der Waals surface area contributed by atoms with Gasteiger partial charge in [-0.2, -0.15) is 0 Å². The average Bonchev–Trinajstić information content (AvgIpc) is 2.24. The molecule has 1 rings (SSSR count). The van der Waals surface area contributed by atoms with Crippen LogP contribution in [-0.4, -0.2) is 27.0 Å². The van der Waals surface area contributed by atoms with E-state index >= 15 is 0 Å². The second-order valence-corrected chi connectivity index (χ2v) is 6.48. The minimum atomic E-state index is -3.78. The molecule has 0 aliphatic carbocycles. The largest absolute Gasteiger partial charge is 0.369 e. The second-order valence-electron chi connectivity index (χ2n) is 4.10. The lowest BCUT2D eigenvalue weighted by Crippen LogP contribution is -2.20. The molecule has 0 heterocycles. The number of hydrogen-bond acceptors (Lipinski definition) is 4. The van der Waals surface area contributed by atoms with Crippen molar-refractivity contribution < 1.29 is 17.9 Å². The molecule has 106 valence electrons. The highest BCUT2D eigenvalue weighted by Crippen LogP contribution is 2.24. The van der Waals surface area contributed by atoms with Crippen LogP contribution in [0.15, 0.2) is 27.6 Å². The van der Waals surface area contributed by atoms with Gasteiger partial charge in [-0.1, -0.05) is 0 Å². The number of nitrogens with one attached hydrogen (secondary N) is 1. The molecule has 0 aliphatic rings. The number of hydrogen-bond donors (Lipinski definition) is 2. The SMILES string of the molecule is CC(C)OCC(=O)Nc1ccc(S(N)(=O)=O)c(Br)c1. The summed E-state index contributed by atoms with van der Waals surface area (Å²) in [5.74, 6) is -0.316. The monoisotopic (exact) mass is 350 g/mol. The van der Waals surface area contributed by atoms with Gasteiger partial charge in [0.2, 0.25) is 15.9 Å². The topological polar surface area (TPSA) is 98.5 Å². The summed E-state index contributed by atoms with van der Waals surface area (Å²) < 4.78 is 27.8. The van der Waals surface area contributed by atoms with Crippen LogP contribution in [0, 0.1) is 0 Å². The van der Waals surface area contributed by atoms with Gasteiger partial charge in [0.15, 0.2) is 0 Å². The second kappa shape index (κ2) is 6.47. The normalized spacial score (nSPS) is 11.6. The smallest absolute Gasteiger partial charge is 0.250 e. The Balaban J connectivity index is 2.77. The molecule has 8 heteroatoms. The molecule has 0 spiro atoms. The quantitative estimate of drug-likeness (QED) is 0.839. The number of ether oxygens (including phenoxy) is 1. The fourth-order valence-corrected chi connectivity index (χ4v) is 2.89. The van der Waals surface area contributed by atoms with Crippen LogP contribution in [0.1, 0.15) is 13.8 Å². The van der Waals surface area contributed by atoms with E-state index < -0.39 is 10.0 Å². The number of benzene rings is 1. The summed E-state index contributed by atoms with van der Waals surface area (Å²) in [5.41, 5.74) is 0.455. The van der Waals surface area contributed by atoms with Crippen LogP contribution in [0.3, 0.4) is 0 Å². The molecule has 6 nitrogen and oxygen atoms in total. The molecule has 0 aromatic heterocycles. The number of sulfonamides is 1. The zero-order chi connectivity index (χ0) is 14.6. The first kappa shape index (κ1) is 16.1. The third-order valence-electron chi connectivity index (χ3n) is 2.07. The number of halogens is 1. The van der Waals surface area contributed by atoms with Crippen LogP contribution < -0.4 is 10.5 Å². The van der Waals surface area contributed by atoms with E-state index in [0.717, 1.165) is 0 Å². The lowest BCUT2D eigenvalue weighted by Gasteiger charge is -2.09. The molecule has 0 saturated heterocycles. The van der Waals surface area contributed by atoms with Gasteiger partial charge in [-0.25, -0.2) is 13.6 Å². The van der Waals surface area contributed by atoms with Crippen molar-refractivity contribution in [1.29, 1.82) is 0 Å². The van der Waals surface area contributed by atoms with E-state index in [0.29, 0.717) is 5.69 Å². The minimum Gasteiger partial charge on any atom is -0.369 e. The van der Waals surface area contributed by atoms with Crippen LogP contribution in [0.4, 0.5) is 5.69 Å². The highest BCUT2D eigenvalue weighted by molar-refractivity contribution is 9.10. The molecule has 1 aromatic carbocycles. The van der Waals surface area contributed by atoms with Gasteiger partial charge < -0.3 is 10.1 Å². The van der Waals surface area contributed by atoms with Crippen molar-refractivity contribution in [2.24, 2.45) is 5.14 Å². The first-order valence-corrected chi connectivity index (χ1v) is 7.78. The van der Waals surface area contributed by atoms with Crippen molar-refractivity contribution in [2.45, 2.75) is 24.8 Å². The summed E-state index contributed by atoms with van der Waals surface area (Å²) in [6, 6.07) is 4.24. The maximum atomic E-state index is 11.5. The van der Waals surface area contributed by atoms with E-state index in [4.69, 9.17) is 9.88 Å². The zero-order valence-electron chi connectivity index (χ0n) is 10.5. The molecule has 3 N–H and O–H groups in total. The Morgan fingerprint density at radius 3 is 2.58 bits per heavy atom. The van der Waals surface area contributed by atoms with E-state index in [-0.39, 0.29) is 28.0 Å². The molecule has 1 aromatic rings. The molecular weight excluding hydrogens is 336 g/mol. The standard InChI is InChI=1S/C11H15BrN2O4S/c1-7(2)18-6-11(15)14-8-3-4-10(9(12)5-8)19(13,16)17/h3-5,7H,6H2,1-2H3,(H,14,15)(H2,13,16,17). The predicted octanol–water partition coefficient (Wildman–Crippen LogP) is 1.46. The fraction of sp³-hybridized carbons (Fsp3) is 0.364. The molecule has 0 atom stereocenters. The average molecular weight is 351 g/mol. The third kappa shape index (κ3) is 5.27. The molecular formula is C11H15BrN2O4S. The lowest BCUT2D eigenvalue weighted by atomic mass is 10.3. The molecule has 0 aliphatic heterocycles. The van der Waals surface area contributed by atoms with Crippen molar-refractivity contribution in [3.8, 4) is 0 Å². The molecule has 1 amide bonds. The van der Waals surface area contributed by atoms with E-state index in [2.05, 4.69) is 21.2 Å². The maximum Gasteiger partial charge on any atom is 0.250 e. The number of amides is 1. The first-order chi connectivity index (χ1) is 8.70. The fourth-order valence-electron chi connectivity index (χ4n) is 1.25. The van der Waals surface area contributed by atoms with Crippen LogP contribution in [0.5, 0.6) is 0 Å². The summed E-state index contributed by atoms with van der Waals surface area (Å²) in [5, 5.41) is 7.61. The minimum absolute atomic E-state index is 0.0380. The van der Waals surface area contributed by atoms with Gasteiger partial charge in [0.1, 0.15) is 6.61 Å². The van der Waals surface area contributed by atoms with Gasteiger partial charge in [-0.3, -0.25) is 4.79 Å². The number of rotatable bonds is 5. The highest BCUT2D eigenvalue weighted by Gasteiger charge is 2.13. The Morgan fingerprint density at radius 2 is 2.11 bits per heavy atom. The number of anilines is 1. The van der Waals surface area contributed by atoms with Gasteiger partial charge in [-0.15, -0.1) is 0 Å². The number of nitrogens with two attached hydrogens (primary N) is 1. The summed E-state index contributed by atoms with van der Waals surface area (Å²) in [6.45, 7) is 3.59. The summed E-state index contributed by atoms with van der Waals surface area (Å²) in [6.07, 6.45) is -0.0396. The molecule has 0 saturated carbocycles. The van der Waals surface area contributed by atoms with Gasteiger partial charge in [0.25, 0.3) is 0 Å². The van der Waals surface area contributed by atoms with Gasteiger partial charge in [0.05, 0.1) is 11.0 Å². The lowest BCUT2D eigenvalue weighted by molar-refractivity contribution is -0.121. The van der Waals surface area contributed by atoms with Gasteiger partial charge >= 0.3 is 0 Å². The van der Waals surface area contributed by atoms with Crippen molar-refractivity contribution in [3.05, 3.63) is 22.7 Å². The van der Waals surface area contributed by atoms with Crippen LogP contribution in [-0.2, 0) is 19.6 Å². The molecule has 19 heavy (non-hydrogen) atoms. The van der Waals surface area contributed by atoms with Crippen LogP contribution in [0.25, 0.3) is 0 Å². The number of carbonyl (C=O) groups excluding carboxylic acids is 1. The first-order valence-electron chi connectivity index (χ1n) is 5.44. The Labute approximate surface area is 120 Å². The van der Waals surface area contributed by atoms with E-state index in [1.165, 1.54) is 18.2 Å². The van der Waals surface area contributed by atoms with Crippen LogP contribution in [0.2, 0.25) is 0 Å². The van der Waals surface area contributed by atoms with E-state index in [9.17, 15) is 13.2 Å². The van der Waals surface area contributed by atoms with Crippen LogP contribution >= 0.6 is 15.9 Å². The Hall–Kier alpha value is -0.960. The van der Waals surface area contributed by atoms with E-state index in [1.807, 2.05) is 13.8 Å². The van der Waals surface area contributed by atoms with Crippen molar-refractivity contribution in [3.63, 3.8) is 0 Å². The Morgan fingerprint density at radius 1 is 1.47 bits per heavy atom. The number of primary sulfonamides is 1. The summed E-state index contributed by atoms with van der Waals surface area (Å²) in [4.78, 5) is 11.5. The summed E-state index contributed by atoms with van der Waals surface area (Å²) >= 11 is 3.09. The van der Waals surface area contributed by atoms with Crippen molar-refractivity contribution in [1.82, 2.24) is 0 Å². The number of carbonyl (C=O) groups is 1. The van der Waals surface area contributed by atoms with Crippen molar-refractivity contribution >= 4 is 37.5 Å². The maximum absolute atomic E-state index is 11.5.